The summed E-state index contributed by atoms with van der Waals surface area (Å²) < 4.78 is 0. The molecule has 6 rings (SSSR count). The van der Waals surface area contributed by atoms with Crippen LogP contribution < -0.4 is 21.1 Å². The second-order valence-electron chi connectivity index (χ2n) is 9.71. The maximum Gasteiger partial charge on any atom is 0.253 e. The first-order valence-corrected chi connectivity index (χ1v) is 12.4. The van der Waals surface area contributed by atoms with Crippen LogP contribution in [-0.4, -0.2) is 42.6 Å². The van der Waals surface area contributed by atoms with E-state index in [0.29, 0.717) is 17.3 Å². The highest BCUT2D eigenvalue weighted by Crippen LogP contribution is 2.36. The monoisotopic (exact) mass is 454 g/mol. The predicted octanol–water partition coefficient (Wildman–Crippen LogP) is 3.82. The highest BCUT2D eigenvalue weighted by atomic mass is 16.2. The van der Waals surface area contributed by atoms with Gasteiger partial charge in [-0.05, 0) is 61.4 Å². The molecule has 6 nitrogen and oxygen atoms in total. The van der Waals surface area contributed by atoms with Gasteiger partial charge in [-0.25, -0.2) is 0 Å². The van der Waals surface area contributed by atoms with Gasteiger partial charge in [0, 0.05) is 49.0 Å². The Morgan fingerprint density at radius 3 is 2.79 bits per heavy atom. The number of hydrogen-bond acceptors (Lipinski definition) is 5. The molecule has 3 aromatic carbocycles. The van der Waals surface area contributed by atoms with Crippen molar-refractivity contribution in [3.8, 4) is 0 Å². The molecule has 174 valence electrons. The number of piperidine rings is 1. The maximum absolute atomic E-state index is 12.5. The fourth-order valence-electron chi connectivity index (χ4n) is 5.76. The van der Waals surface area contributed by atoms with Crippen molar-refractivity contribution in [2.75, 3.05) is 42.9 Å². The molecule has 0 aliphatic carbocycles. The molecule has 2 aliphatic heterocycles. The number of aromatic nitrogens is 1. The number of likely N-dealkylation sites (tertiary alicyclic amines) is 1. The second-order valence-corrected chi connectivity index (χ2v) is 9.71. The van der Waals surface area contributed by atoms with Gasteiger partial charge in [-0.15, -0.1) is 0 Å². The van der Waals surface area contributed by atoms with E-state index in [1.165, 1.54) is 28.5 Å². The molecule has 1 aromatic heterocycles. The first kappa shape index (κ1) is 21.2. The van der Waals surface area contributed by atoms with Crippen molar-refractivity contribution >= 4 is 28.0 Å². The topological polar surface area (TPSA) is 68.4 Å². The van der Waals surface area contributed by atoms with Gasteiger partial charge in [0.05, 0.1) is 0 Å². The number of fused-ring (bicyclic) bond motifs is 2. The molecular formula is C28H30N4O2. The van der Waals surface area contributed by atoms with Gasteiger partial charge >= 0.3 is 0 Å². The molecule has 0 radical (unpaired) electrons. The highest BCUT2D eigenvalue weighted by Gasteiger charge is 2.31. The number of benzene rings is 2. The van der Waals surface area contributed by atoms with E-state index in [1.54, 1.807) is 0 Å². The molecule has 1 saturated heterocycles. The molecule has 0 amide bonds. The average Bonchev–Trinajstić information content (AvgIpc) is 3.49. The number of hydrogen-bond donors (Lipinski definition) is 2. The molecular weight excluding hydrogens is 424 g/mol. The van der Waals surface area contributed by atoms with Gasteiger partial charge < -0.3 is 20.1 Å². The normalized spacial score (nSPS) is 18.6. The van der Waals surface area contributed by atoms with E-state index in [-0.39, 0.29) is 10.9 Å². The zero-order valence-electron chi connectivity index (χ0n) is 19.3. The second kappa shape index (κ2) is 8.76. The summed E-state index contributed by atoms with van der Waals surface area (Å²) in [5.74, 6) is 0.472. The third-order valence-electron chi connectivity index (χ3n) is 7.59. The molecule has 2 N–H and O–H groups in total. The smallest absolute Gasteiger partial charge is 0.253 e. The van der Waals surface area contributed by atoms with E-state index in [4.69, 9.17) is 0 Å². The summed E-state index contributed by atoms with van der Waals surface area (Å²) in [6.07, 6.45) is 6.38. The summed E-state index contributed by atoms with van der Waals surface area (Å²) in [7, 11) is 0. The Hall–Kier alpha value is -3.38. The lowest BCUT2D eigenvalue weighted by atomic mass is 9.97. The van der Waals surface area contributed by atoms with Crippen LogP contribution in [0, 0.1) is 5.92 Å². The van der Waals surface area contributed by atoms with Gasteiger partial charge in [-0.2, -0.15) is 0 Å². The lowest BCUT2D eigenvalue weighted by Gasteiger charge is -2.33. The largest absolute Gasteiger partial charge is 0.380 e. The van der Waals surface area contributed by atoms with Gasteiger partial charge in [-0.1, -0.05) is 36.4 Å². The van der Waals surface area contributed by atoms with Crippen LogP contribution in [0.15, 0.2) is 64.3 Å². The van der Waals surface area contributed by atoms with E-state index < -0.39 is 0 Å². The van der Waals surface area contributed by atoms with Crippen molar-refractivity contribution in [1.82, 2.24) is 9.88 Å². The summed E-state index contributed by atoms with van der Waals surface area (Å²) in [4.78, 5) is 32.8. The van der Waals surface area contributed by atoms with Crippen LogP contribution in [0.1, 0.15) is 24.0 Å². The Labute approximate surface area is 198 Å². The summed E-state index contributed by atoms with van der Waals surface area (Å²) in [6, 6.07) is 16.6. The van der Waals surface area contributed by atoms with Gasteiger partial charge in [0.2, 0.25) is 0 Å². The summed E-state index contributed by atoms with van der Waals surface area (Å²) in [6.45, 7) is 4.66. The summed E-state index contributed by atoms with van der Waals surface area (Å²) >= 11 is 0. The predicted molar refractivity (Wildman–Crippen MR) is 138 cm³/mol. The minimum atomic E-state index is -0.369. The van der Waals surface area contributed by atoms with E-state index in [0.717, 1.165) is 57.7 Å². The van der Waals surface area contributed by atoms with Crippen molar-refractivity contribution in [1.29, 1.82) is 0 Å². The number of nitrogens with one attached hydrogen (secondary N) is 2. The standard InChI is InChI=1S/C28H30N4O2/c33-27-25(26(28(27)34)32-15-12-20-7-1-4-10-24(20)32)30-16-19-6-5-13-31(18-19)14-11-21-17-29-23-9-3-2-8-22(21)23/h1-4,7-10,17,19,29-30H,5-6,11-16,18H2. The SMILES string of the molecule is O=c1c(NCC2CCCN(CCc3c[nH]c4ccccc34)C2)c(N2CCc3ccccc32)c1=O. The average molecular weight is 455 g/mol. The minimum Gasteiger partial charge on any atom is -0.380 e. The molecule has 0 spiro atoms. The molecule has 2 aliphatic rings. The summed E-state index contributed by atoms with van der Waals surface area (Å²) in [5.41, 5.74) is 5.20. The quantitative estimate of drug-likeness (QED) is 0.416. The van der Waals surface area contributed by atoms with Crippen LogP contribution in [0.2, 0.25) is 0 Å². The van der Waals surface area contributed by atoms with E-state index in [2.05, 4.69) is 51.7 Å². The molecule has 6 heteroatoms. The molecule has 4 aromatic rings. The molecule has 1 unspecified atom stereocenters. The van der Waals surface area contributed by atoms with Crippen molar-refractivity contribution in [2.45, 2.75) is 25.7 Å². The minimum absolute atomic E-state index is 0.358. The Morgan fingerprint density at radius 2 is 1.85 bits per heavy atom. The molecule has 1 fully saturated rings. The number of para-hydroxylation sites is 2. The number of rotatable bonds is 7. The zero-order chi connectivity index (χ0) is 23.1. The third-order valence-corrected chi connectivity index (χ3v) is 7.59. The van der Waals surface area contributed by atoms with Crippen LogP contribution in [0.4, 0.5) is 17.1 Å². The van der Waals surface area contributed by atoms with Crippen molar-refractivity contribution in [3.63, 3.8) is 0 Å². The molecule has 1 atom stereocenters. The Morgan fingerprint density at radius 1 is 1.00 bits per heavy atom. The van der Waals surface area contributed by atoms with Crippen LogP contribution in [0.25, 0.3) is 10.9 Å². The van der Waals surface area contributed by atoms with Gasteiger partial charge in [0.15, 0.2) is 0 Å². The van der Waals surface area contributed by atoms with Crippen molar-refractivity contribution < 1.29 is 0 Å². The molecule has 0 saturated carbocycles. The Balaban J connectivity index is 1.08. The third kappa shape index (κ3) is 3.72. The number of anilines is 3. The van der Waals surface area contributed by atoms with Crippen LogP contribution in [-0.2, 0) is 12.8 Å². The first-order chi connectivity index (χ1) is 16.7. The number of H-pyrrole nitrogens is 1. The van der Waals surface area contributed by atoms with Crippen LogP contribution in [0.3, 0.4) is 0 Å². The number of nitrogens with zero attached hydrogens (tertiary/aromatic N) is 2. The van der Waals surface area contributed by atoms with Crippen molar-refractivity contribution in [3.05, 3.63) is 86.3 Å². The van der Waals surface area contributed by atoms with Gasteiger partial charge in [0.25, 0.3) is 10.9 Å². The lowest BCUT2D eigenvalue weighted by Crippen LogP contribution is -2.43. The lowest BCUT2D eigenvalue weighted by molar-refractivity contribution is 0.182. The highest BCUT2D eigenvalue weighted by molar-refractivity contribution is 5.83. The van der Waals surface area contributed by atoms with Crippen LogP contribution in [0.5, 0.6) is 0 Å². The summed E-state index contributed by atoms with van der Waals surface area (Å²) in [5, 5.41) is 4.69. The van der Waals surface area contributed by atoms with E-state index in [1.807, 2.05) is 23.1 Å². The van der Waals surface area contributed by atoms with Crippen LogP contribution >= 0.6 is 0 Å². The molecule has 34 heavy (non-hydrogen) atoms. The molecule has 3 heterocycles. The van der Waals surface area contributed by atoms with E-state index in [9.17, 15) is 9.59 Å². The van der Waals surface area contributed by atoms with Gasteiger partial charge in [0.1, 0.15) is 11.4 Å². The maximum atomic E-state index is 12.5. The zero-order valence-corrected chi connectivity index (χ0v) is 19.3. The van der Waals surface area contributed by atoms with E-state index >= 15 is 0 Å². The van der Waals surface area contributed by atoms with Crippen molar-refractivity contribution in [2.24, 2.45) is 5.92 Å². The first-order valence-electron chi connectivity index (χ1n) is 12.4. The van der Waals surface area contributed by atoms with Gasteiger partial charge in [-0.3, -0.25) is 9.59 Å². The molecule has 0 bridgehead atoms. The number of aromatic amines is 1. The fraction of sp³-hybridized carbons (Fsp3) is 0.357. The fourth-order valence-corrected chi connectivity index (χ4v) is 5.76. The Bertz CT molecular complexity index is 1400. The Kier molecular flexibility index (Phi) is 5.46.